The molecule has 0 aliphatic heterocycles. The second-order valence-electron chi connectivity index (χ2n) is 4.52. The van der Waals surface area contributed by atoms with Crippen molar-refractivity contribution in [3.8, 4) is 23.8 Å². The van der Waals surface area contributed by atoms with Crippen molar-refractivity contribution in [2.45, 2.75) is 47.5 Å². The molecule has 0 spiro atoms. The van der Waals surface area contributed by atoms with E-state index in [4.69, 9.17) is 6.42 Å². The Kier molecular flexibility index (Phi) is 8.04. The number of phenolic OH excluding ortho intramolecular Hbond substituents is 2. The molecule has 0 atom stereocenters. The minimum Gasteiger partial charge on any atom is -0.508 e. The van der Waals surface area contributed by atoms with E-state index in [1.54, 1.807) is 6.07 Å². The van der Waals surface area contributed by atoms with Gasteiger partial charge in [-0.1, -0.05) is 47.5 Å². The highest BCUT2D eigenvalue weighted by atomic mass is 19.1. The molecule has 2 rings (SSSR count). The van der Waals surface area contributed by atoms with E-state index >= 15 is 0 Å². The maximum absolute atomic E-state index is 13.8. The zero-order valence-corrected chi connectivity index (χ0v) is 14.2. The molecule has 0 fully saturated rings. The van der Waals surface area contributed by atoms with Crippen molar-refractivity contribution in [2.24, 2.45) is 0 Å². The van der Waals surface area contributed by atoms with E-state index in [0.29, 0.717) is 10.8 Å². The first-order chi connectivity index (χ1) is 10.5. The Morgan fingerprint density at radius 3 is 2.05 bits per heavy atom. The minimum atomic E-state index is -0.794. The van der Waals surface area contributed by atoms with Gasteiger partial charge in [-0.25, -0.2) is 4.39 Å². The standard InChI is InChI=1S/C15H13FO2.2C2H6/c1-4-11-14-9(6-13(18)15(11)16)5-10(17)7-12(14)8(2)3;2*1-2/h1,5-8,17-18H,2-3H3;2*1-2H3. The second kappa shape index (κ2) is 8.94. The summed E-state index contributed by atoms with van der Waals surface area (Å²) in [7, 11) is 0. The normalized spacial score (nSPS) is 9.41. The fourth-order valence-electron chi connectivity index (χ4n) is 2.11. The Labute approximate surface area is 132 Å². The molecule has 22 heavy (non-hydrogen) atoms. The van der Waals surface area contributed by atoms with Gasteiger partial charge in [0.25, 0.3) is 0 Å². The third-order valence-corrected chi connectivity index (χ3v) is 2.94. The molecule has 2 aromatic carbocycles. The molecule has 0 radical (unpaired) electrons. The molecule has 0 amide bonds. The lowest BCUT2D eigenvalue weighted by Crippen LogP contribution is -1.95. The Morgan fingerprint density at radius 2 is 1.59 bits per heavy atom. The molecule has 2 N–H and O–H groups in total. The van der Waals surface area contributed by atoms with Gasteiger partial charge in [0, 0.05) is 5.39 Å². The summed E-state index contributed by atoms with van der Waals surface area (Å²) in [5, 5.41) is 20.3. The van der Waals surface area contributed by atoms with Crippen LogP contribution in [-0.2, 0) is 0 Å². The molecule has 0 saturated carbocycles. The predicted molar refractivity (Wildman–Crippen MR) is 92.0 cm³/mol. The van der Waals surface area contributed by atoms with Gasteiger partial charge in [0.05, 0.1) is 5.56 Å². The topological polar surface area (TPSA) is 40.5 Å². The summed E-state index contributed by atoms with van der Waals surface area (Å²) in [5.74, 6) is 1.13. The molecule has 0 unspecified atom stereocenters. The van der Waals surface area contributed by atoms with Crippen molar-refractivity contribution >= 4 is 10.8 Å². The number of halogens is 1. The van der Waals surface area contributed by atoms with Gasteiger partial charge in [0.2, 0.25) is 0 Å². The summed E-state index contributed by atoms with van der Waals surface area (Å²) in [6, 6.07) is 4.31. The minimum absolute atomic E-state index is 0.0358. The zero-order valence-electron chi connectivity index (χ0n) is 14.2. The van der Waals surface area contributed by atoms with Crippen LogP contribution in [0.2, 0.25) is 0 Å². The number of terminal acetylenes is 1. The van der Waals surface area contributed by atoms with Crippen molar-refractivity contribution in [2.75, 3.05) is 0 Å². The number of hydrogen-bond acceptors (Lipinski definition) is 2. The zero-order chi connectivity index (χ0) is 17.4. The van der Waals surface area contributed by atoms with Crippen molar-refractivity contribution < 1.29 is 14.6 Å². The van der Waals surface area contributed by atoms with Gasteiger partial charge in [0.15, 0.2) is 11.6 Å². The third-order valence-electron chi connectivity index (χ3n) is 2.94. The van der Waals surface area contributed by atoms with Crippen LogP contribution in [0.5, 0.6) is 11.5 Å². The van der Waals surface area contributed by atoms with E-state index in [0.717, 1.165) is 5.56 Å². The predicted octanol–water partition coefficient (Wildman–Crippen LogP) is 5.55. The largest absolute Gasteiger partial charge is 0.508 e. The highest BCUT2D eigenvalue weighted by Crippen LogP contribution is 2.36. The van der Waals surface area contributed by atoms with Gasteiger partial charge < -0.3 is 10.2 Å². The fraction of sp³-hybridized carbons (Fsp3) is 0.368. The van der Waals surface area contributed by atoms with Crippen LogP contribution < -0.4 is 0 Å². The van der Waals surface area contributed by atoms with Crippen LogP contribution in [0.15, 0.2) is 18.2 Å². The summed E-state index contributed by atoms with van der Waals surface area (Å²) in [6.45, 7) is 11.9. The van der Waals surface area contributed by atoms with Crippen LogP contribution in [0.3, 0.4) is 0 Å². The van der Waals surface area contributed by atoms with Crippen LogP contribution in [-0.4, -0.2) is 10.2 Å². The SMILES string of the molecule is C#Cc1c(F)c(O)cc2cc(O)cc(C(C)C)c12.CC.CC. The van der Waals surface area contributed by atoms with Gasteiger partial charge >= 0.3 is 0 Å². The van der Waals surface area contributed by atoms with E-state index in [-0.39, 0.29) is 17.2 Å². The monoisotopic (exact) mass is 304 g/mol. The molecule has 3 heteroatoms. The van der Waals surface area contributed by atoms with Crippen molar-refractivity contribution in [1.82, 2.24) is 0 Å². The van der Waals surface area contributed by atoms with Gasteiger partial charge in [-0.3, -0.25) is 0 Å². The fourth-order valence-corrected chi connectivity index (χ4v) is 2.11. The number of phenols is 2. The molecule has 2 aromatic rings. The molecule has 0 heterocycles. The number of benzene rings is 2. The van der Waals surface area contributed by atoms with Crippen LogP contribution in [0, 0.1) is 18.2 Å². The smallest absolute Gasteiger partial charge is 0.181 e. The van der Waals surface area contributed by atoms with Crippen LogP contribution >= 0.6 is 0 Å². The average molecular weight is 304 g/mol. The van der Waals surface area contributed by atoms with Crippen molar-refractivity contribution in [3.63, 3.8) is 0 Å². The first kappa shape index (κ1) is 19.8. The van der Waals surface area contributed by atoms with E-state index < -0.39 is 11.6 Å². The summed E-state index contributed by atoms with van der Waals surface area (Å²) >= 11 is 0. The van der Waals surface area contributed by atoms with Crippen LogP contribution in [0.1, 0.15) is 58.6 Å². The second-order valence-corrected chi connectivity index (χ2v) is 4.52. The Balaban J connectivity index is 0.00000102. The number of rotatable bonds is 1. The van der Waals surface area contributed by atoms with Gasteiger partial charge in [-0.15, -0.1) is 6.42 Å². The maximum atomic E-state index is 13.8. The lowest BCUT2D eigenvalue weighted by atomic mass is 9.92. The molecule has 0 saturated heterocycles. The summed E-state index contributed by atoms with van der Waals surface area (Å²) in [5.41, 5.74) is 0.797. The lowest BCUT2D eigenvalue weighted by molar-refractivity contribution is 0.433. The highest BCUT2D eigenvalue weighted by molar-refractivity contribution is 5.94. The van der Waals surface area contributed by atoms with E-state index in [1.165, 1.54) is 12.1 Å². The maximum Gasteiger partial charge on any atom is 0.181 e. The Bertz CT molecular complexity index is 667. The Hall–Kier alpha value is -2.21. The number of hydrogen-bond donors (Lipinski definition) is 2. The highest BCUT2D eigenvalue weighted by Gasteiger charge is 2.16. The van der Waals surface area contributed by atoms with Gasteiger partial charge in [0.1, 0.15) is 5.75 Å². The molecule has 2 nitrogen and oxygen atoms in total. The van der Waals surface area contributed by atoms with Crippen molar-refractivity contribution in [3.05, 3.63) is 35.1 Å². The summed E-state index contributed by atoms with van der Waals surface area (Å²) < 4.78 is 13.8. The lowest BCUT2D eigenvalue weighted by Gasteiger charge is -2.14. The first-order valence-electron chi connectivity index (χ1n) is 7.60. The van der Waals surface area contributed by atoms with Gasteiger partial charge in [-0.2, -0.15) is 0 Å². The van der Waals surface area contributed by atoms with E-state index in [1.807, 2.05) is 41.5 Å². The molecular formula is C19H25FO2. The Morgan fingerprint density at radius 1 is 1.05 bits per heavy atom. The molecule has 0 aliphatic rings. The molecule has 120 valence electrons. The number of fused-ring (bicyclic) bond motifs is 1. The van der Waals surface area contributed by atoms with E-state index in [2.05, 4.69) is 5.92 Å². The quantitative estimate of drug-likeness (QED) is 0.678. The number of aromatic hydroxyl groups is 2. The summed E-state index contributed by atoms with van der Waals surface area (Å²) in [6.07, 6.45) is 5.33. The van der Waals surface area contributed by atoms with Crippen LogP contribution in [0.25, 0.3) is 10.8 Å². The average Bonchev–Trinajstić information content (AvgIpc) is 2.52. The van der Waals surface area contributed by atoms with Crippen molar-refractivity contribution in [1.29, 1.82) is 0 Å². The van der Waals surface area contributed by atoms with Crippen LogP contribution in [0.4, 0.5) is 4.39 Å². The van der Waals surface area contributed by atoms with E-state index in [9.17, 15) is 14.6 Å². The van der Waals surface area contributed by atoms with Gasteiger partial charge in [-0.05, 0) is 35.1 Å². The molecule has 0 aromatic heterocycles. The molecule has 0 aliphatic carbocycles. The third kappa shape index (κ3) is 3.92. The molecule has 0 bridgehead atoms. The first-order valence-corrected chi connectivity index (χ1v) is 7.60. The summed E-state index contributed by atoms with van der Waals surface area (Å²) in [4.78, 5) is 0. The molecular weight excluding hydrogens is 279 g/mol.